The van der Waals surface area contributed by atoms with Crippen molar-refractivity contribution in [2.45, 2.75) is 19.0 Å². The first-order chi connectivity index (χ1) is 3.81. The van der Waals surface area contributed by atoms with Crippen molar-refractivity contribution < 1.29 is 13.2 Å². The first kappa shape index (κ1) is 7.79. The van der Waals surface area contributed by atoms with E-state index in [1.807, 2.05) is 0 Å². The summed E-state index contributed by atoms with van der Waals surface area (Å²) in [6.07, 6.45) is -1.82. The number of hydrogen-bond acceptors (Lipinski definition) is 0. The number of rotatable bonds is 4. The van der Waals surface area contributed by atoms with Gasteiger partial charge in [0.25, 0.3) is 0 Å². The lowest BCUT2D eigenvalue weighted by molar-refractivity contribution is 0.267. The van der Waals surface area contributed by atoms with Crippen molar-refractivity contribution in [2.75, 3.05) is 6.67 Å². The van der Waals surface area contributed by atoms with E-state index in [-0.39, 0.29) is 19.5 Å². The Morgan fingerprint density at radius 2 is 2.12 bits per heavy atom. The maximum Gasteiger partial charge on any atom is 0.134 e. The van der Waals surface area contributed by atoms with Crippen LogP contribution < -0.4 is 0 Å². The fourth-order valence-corrected chi connectivity index (χ4v) is 0.333. The molecule has 0 aliphatic heterocycles. The van der Waals surface area contributed by atoms with Crippen molar-refractivity contribution in [3.05, 3.63) is 6.67 Å². The number of halogens is 3. The Balaban J connectivity index is 2.92. The average molecular weight is 125 g/mol. The molecule has 1 atom stereocenters. The molecule has 0 aromatic heterocycles. The smallest absolute Gasteiger partial charge is 0.134 e. The van der Waals surface area contributed by atoms with Crippen LogP contribution in [-0.4, -0.2) is 12.8 Å². The van der Waals surface area contributed by atoms with E-state index in [1.165, 1.54) is 0 Å². The lowest BCUT2D eigenvalue weighted by Crippen LogP contribution is -1.99. The maximum atomic E-state index is 11.9. The summed E-state index contributed by atoms with van der Waals surface area (Å²) in [7, 11) is 0. The van der Waals surface area contributed by atoms with Gasteiger partial charge in [0.2, 0.25) is 0 Å². The lowest BCUT2D eigenvalue weighted by Gasteiger charge is -1.98. The molecule has 0 nitrogen and oxygen atoms in total. The minimum atomic E-state index is -1.34. The van der Waals surface area contributed by atoms with Gasteiger partial charge in [0.1, 0.15) is 12.8 Å². The van der Waals surface area contributed by atoms with E-state index in [4.69, 9.17) is 0 Å². The van der Waals surface area contributed by atoms with Gasteiger partial charge in [-0.1, -0.05) is 0 Å². The average Bonchev–Trinajstić information content (AvgIpc) is 1.68. The molecule has 0 saturated carbocycles. The third-order valence-corrected chi connectivity index (χ3v) is 0.767. The second-order valence-electron chi connectivity index (χ2n) is 1.46. The normalized spacial score (nSPS) is 10.5. The third kappa shape index (κ3) is 3.96. The van der Waals surface area contributed by atoms with Crippen LogP contribution in [0.4, 0.5) is 13.2 Å². The standard InChI is InChI=1S/C5H8F3/c6-3-1-5(8)2-4-7/h3,5H,1-2,4H2. The van der Waals surface area contributed by atoms with Gasteiger partial charge in [0.15, 0.2) is 0 Å². The van der Waals surface area contributed by atoms with Gasteiger partial charge < -0.3 is 0 Å². The quantitative estimate of drug-likeness (QED) is 0.540. The van der Waals surface area contributed by atoms with Crippen molar-refractivity contribution in [1.29, 1.82) is 0 Å². The van der Waals surface area contributed by atoms with E-state index in [0.29, 0.717) is 0 Å². The second-order valence-corrected chi connectivity index (χ2v) is 1.46. The van der Waals surface area contributed by atoms with Crippen molar-refractivity contribution >= 4 is 0 Å². The molecule has 1 unspecified atom stereocenters. The zero-order valence-corrected chi connectivity index (χ0v) is 4.41. The van der Waals surface area contributed by atoms with Crippen LogP contribution in [0.15, 0.2) is 0 Å². The topological polar surface area (TPSA) is 0 Å². The summed E-state index contributed by atoms with van der Waals surface area (Å²) in [6.45, 7) is -0.505. The van der Waals surface area contributed by atoms with Crippen LogP contribution in [-0.2, 0) is 0 Å². The van der Waals surface area contributed by atoms with E-state index in [1.54, 1.807) is 0 Å². The minimum absolute atomic E-state index is 0.194. The van der Waals surface area contributed by atoms with Crippen LogP contribution in [0.2, 0.25) is 0 Å². The highest BCUT2D eigenvalue weighted by molar-refractivity contribution is 4.59. The van der Waals surface area contributed by atoms with Crippen LogP contribution in [0.25, 0.3) is 0 Å². The first-order valence-corrected chi connectivity index (χ1v) is 2.43. The Kier molecular flexibility index (Phi) is 4.81. The molecule has 0 rings (SSSR count). The summed E-state index contributed by atoms with van der Waals surface area (Å²) in [5, 5.41) is 0. The second kappa shape index (κ2) is 4.94. The van der Waals surface area contributed by atoms with Crippen LogP contribution in [0.5, 0.6) is 0 Å². The molecular formula is C5H8F3. The van der Waals surface area contributed by atoms with Crippen molar-refractivity contribution in [3.63, 3.8) is 0 Å². The Labute approximate surface area is 46.7 Å². The van der Waals surface area contributed by atoms with E-state index in [9.17, 15) is 13.2 Å². The molecule has 1 radical (unpaired) electrons. The minimum Gasteiger partial charge on any atom is -0.251 e. The number of alkyl halides is 2. The molecule has 0 amide bonds. The highest BCUT2D eigenvalue weighted by atomic mass is 19.1. The highest BCUT2D eigenvalue weighted by Gasteiger charge is 2.03. The van der Waals surface area contributed by atoms with Gasteiger partial charge in [-0.2, -0.15) is 0 Å². The molecule has 49 valence electrons. The fraction of sp³-hybridized carbons (Fsp3) is 0.800. The summed E-state index contributed by atoms with van der Waals surface area (Å²) < 4.78 is 34.2. The molecule has 8 heavy (non-hydrogen) atoms. The van der Waals surface area contributed by atoms with Gasteiger partial charge in [0.05, 0.1) is 6.67 Å². The highest BCUT2D eigenvalue weighted by Crippen LogP contribution is 2.05. The molecule has 3 heteroatoms. The summed E-state index contributed by atoms with van der Waals surface area (Å²) in [4.78, 5) is 0. The van der Waals surface area contributed by atoms with Gasteiger partial charge >= 0.3 is 0 Å². The third-order valence-electron chi connectivity index (χ3n) is 0.767. The molecule has 0 fully saturated rings. The Morgan fingerprint density at radius 3 is 2.50 bits per heavy atom. The molecule has 0 N–H and O–H groups in total. The maximum absolute atomic E-state index is 11.9. The molecule has 0 aliphatic rings. The van der Waals surface area contributed by atoms with Crippen molar-refractivity contribution in [3.8, 4) is 0 Å². The predicted octanol–water partition coefficient (Wildman–Crippen LogP) is 2.21. The molecular weight excluding hydrogens is 117 g/mol. The first-order valence-electron chi connectivity index (χ1n) is 2.43. The van der Waals surface area contributed by atoms with Gasteiger partial charge in [0, 0.05) is 12.8 Å². The molecule has 0 saturated heterocycles. The van der Waals surface area contributed by atoms with Gasteiger partial charge in [-0.3, -0.25) is 4.39 Å². The van der Waals surface area contributed by atoms with E-state index in [0.717, 1.165) is 0 Å². The van der Waals surface area contributed by atoms with Gasteiger partial charge in [-0.25, -0.2) is 8.78 Å². The molecule has 0 heterocycles. The Hall–Kier alpha value is -0.210. The monoisotopic (exact) mass is 125 g/mol. The van der Waals surface area contributed by atoms with Crippen molar-refractivity contribution in [2.24, 2.45) is 0 Å². The van der Waals surface area contributed by atoms with Crippen LogP contribution in [0.1, 0.15) is 12.8 Å². The van der Waals surface area contributed by atoms with Gasteiger partial charge in [-0.15, -0.1) is 0 Å². The summed E-state index contributed by atoms with van der Waals surface area (Å²) in [6, 6.07) is 0. The van der Waals surface area contributed by atoms with Crippen LogP contribution in [0, 0.1) is 6.67 Å². The summed E-state index contributed by atoms with van der Waals surface area (Å²) in [5.74, 6) is 0. The lowest BCUT2D eigenvalue weighted by atomic mass is 10.2. The zero-order valence-electron chi connectivity index (χ0n) is 4.41. The SMILES string of the molecule is F[CH]CC(F)CCF. The Morgan fingerprint density at radius 1 is 1.50 bits per heavy atom. The molecule has 0 aliphatic carbocycles. The summed E-state index contributed by atoms with van der Waals surface area (Å²) in [5.41, 5.74) is 0. The zero-order chi connectivity index (χ0) is 6.41. The number of hydrogen-bond donors (Lipinski definition) is 0. The molecule has 0 aromatic carbocycles. The summed E-state index contributed by atoms with van der Waals surface area (Å²) >= 11 is 0. The predicted molar refractivity (Wildman–Crippen MR) is 25.5 cm³/mol. The van der Waals surface area contributed by atoms with Crippen LogP contribution >= 0.6 is 0 Å². The van der Waals surface area contributed by atoms with E-state index < -0.39 is 12.8 Å². The molecule has 0 bridgehead atoms. The fourth-order valence-electron chi connectivity index (χ4n) is 0.333. The molecule has 0 aromatic rings. The van der Waals surface area contributed by atoms with Gasteiger partial charge in [-0.05, 0) is 0 Å². The molecule has 0 spiro atoms. The van der Waals surface area contributed by atoms with Crippen molar-refractivity contribution in [1.82, 2.24) is 0 Å². The Bertz CT molecular complexity index is 40.9. The van der Waals surface area contributed by atoms with E-state index >= 15 is 0 Å². The van der Waals surface area contributed by atoms with Crippen LogP contribution in [0.3, 0.4) is 0 Å². The largest absolute Gasteiger partial charge is 0.251 e. The van der Waals surface area contributed by atoms with E-state index in [2.05, 4.69) is 0 Å².